The van der Waals surface area contributed by atoms with E-state index in [-0.39, 0.29) is 17.1 Å². The van der Waals surface area contributed by atoms with Gasteiger partial charge in [0, 0.05) is 16.8 Å². The topological polar surface area (TPSA) is 72.2 Å². The number of rotatable bonds is 5. The molecule has 1 aliphatic rings. The molecule has 0 aromatic heterocycles. The van der Waals surface area contributed by atoms with Crippen LogP contribution in [0.5, 0.6) is 0 Å². The third-order valence-corrected chi connectivity index (χ3v) is 2.76. The average molecular weight is 258 g/mol. The van der Waals surface area contributed by atoms with E-state index in [2.05, 4.69) is 18.5 Å². The quantitative estimate of drug-likeness (QED) is 0.583. The molecule has 100 valence electrons. The van der Waals surface area contributed by atoms with Crippen LogP contribution in [0.2, 0.25) is 0 Å². The zero-order chi connectivity index (χ0) is 14.4. The normalized spacial score (nSPS) is 15.1. The number of primary amides is 1. The standard InChI is InChI=1S/C15H18N2O2/c1-4-12(14(16)18)9-11(3)15(19)17-13-7-5-10(2)6-8-13/h4-5,7,9H,1,3,6,8H2,2H3,(H2,16,18)(H,17,19)/b12-9+. The van der Waals surface area contributed by atoms with Crippen molar-refractivity contribution in [1.82, 2.24) is 5.32 Å². The minimum absolute atomic E-state index is 0.161. The van der Waals surface area contributed by atoms with Crippen molar-refractivity contribution in [1.29, 1.82) is 0 Å². The highest BCUT2D eigenvalue weighted by atomic mass is 16.2. The molecule has 1 aliphatic carbocycles. The van der Waals surface area contributed by atoms with Crippen LogP contribution >= 0.6 is 0 Å². The molecule has 19 heavy (non-hydrogen) atoms. The van der Waals surface area contributed by atoms with Crippen LogP contribution in [-0.4, -0.2) is 11.8 Å². The molecule has 0 aliphatic heterocycles. The lowest BCUT2D eigenvalue weighted by Gasteiger charge is -2.13. The molecule has 4 heteroatoms. The molecule has 2 amide bonds. The maximum Gasteiger partial charge on any atom is 0.254 e. The third-order valence-electron chi connectivity index (χ3n) is 2.76. The Balaban J connectivity index is 2.71. The molecule has 0 saturated heterocycles. The predicted molar refractivity (Wildman–Crippen MR) is 75.8 cm³/mol. The van der Waals surface area contributed by atoms with Gasteiger partial charge in [-0.25, -0.2) is 0 Å². The molecule has 0 heterocycles. The van der Waals surface area contributed by atoms with Crippen molar-refractivity contribution in [2.75, 3.05) is 0 Å². The van der Waals surface area contributed by atoms with Crippen LogP contribution < -0.4 is 11.1 Å². The van der Waals surface area contributed by atoms with Crippen LogP contribution in [-0.2, 0) is 9.59 Å². The molecule has 0 saturated carbocycles. The number of hydrogen-bond donors (Lipinski definition) is 2. The molecule has 0 radical (unpaired) electrons. The van der Waals surface area contributed by atoms with Crippen LogP contribution in [0.3, 0.4) is 0 Å². The highest BCUT2D eigenvalue weighted by Crippen LogP contribution is 2.16. The minimum atomic E-state index is -0.639. The van der Waals surface area contributed by atoms with Crippen molar-refractivity contribution in [3.8, 4) is 0 Å². The van der Waals surface area contributed by atoms with Crippen molar-refractivity contribution < 1.29 is 9.59 Å². The Bertz CT molecular complexity index is 522. The molecular weight excluding hydrogens is 240 g/mol. The van der Waals surface area contributed by atoms with E-state index in [1.807, 2.05) is 19.1 Å². The van der Waals surface area contributed by atoms with Gasteiger partial charge in [-0.2, -0.15) is 0 Å². The second kappa shape index (κ2) is 6.54. The van der Waals surface area contributed by atoms with Gasteiger partial charge in [-0.3, -0.25) is 9.59 Å². The van der Waals surface area contributed by atoms with E-state index >= 15 is 0 Å². The number of hydrogen-bond acceptors (Lipinski definition) is 2. The van der Waals surface area contributed by atoms with E-state index < -0.39 is 5.91 Å². The van der Waals surface area contributed by atoms with E-state index in [9.17, 15) is 9.59 Å². The summed E-state index contributed by atoms with van der Waals surface area (Å²) >= 11 is 0. The lowest BCUT2D eigenvalue weighted by atomic mass is 10.0. The van der Waals surface area contributed by atoms with Crippen molar-refractivity contribution in [2.45, 2.75) is 19.8 Å². The van der Waals surface area contributed by atoms with Crippen molar-refractivity contribution in [3.63, 3.8) is 0 Å². The third kappa shape index (κ3) is 4.43. The largest absolute Gasteiger partial charge is 0.366 e. The fourth-order valence-corrected chi connectivity index (χ4v) is 1.56. The highest BCUT2D eigenvalue weighted by molar-refractivity contribution is 6.01. The summed E-state index contributed by atoms with van der Waals surface area (Å²) in [7, 11) is 0. The van der Waals surface area contributed by atoms with Gasteiger partial charge in [0.25, 0.3) is 5.91 Å². The van der Waals surface area contributed by atoms with E-state index in [0.717, 1.165) is 18.5 Å². The molecule has 0 spiro atoms. The summed E-state index contributed by atoms with van der Waals surface area (Å²) in [6.45, 7) is 9.12. The van der Waals surface area contributed by atoms with Gasteiger partial charge in [-0.1, -0.05) is 30.9 Å². The molecule has 4 nitrogen and oxygen atoms in total. The molecule has 0 atom stereocenters. The molecule has 1 rings (SSSR count). The summed E-state index contributed by atoms with van der Waals surface area (Å²) in [6.07, 6.45) is 8.18. The smallest absolute Gasteiger partial charge is 0.254 e. The Morgan fingerprint density at radius 1 is 1.37 bits per heavy atom. The first kappa shape index (κ1) is 14.7. The first-order valence-corrected chi connectivity index (χ1v) is 5.94. The Labute approximate surface area is 113 Å². The Hall–Kier alpha value is -2.36. The summed E-state index contributed by atoms with van der Waals surface area (Å²) < 4.78 is 0. The fraction of sp³-hybridized carbons (Fsp3) is 0.200. The van der Waals surface area contributed by atoms with Crippen molar-refractivity contribution >= 4 is 11.8 Å². The maximum absolute atomic E-state index is 11.9. The van der Waals surface area contributed by atoms with Gasteiger partial charge in [-0.05, 0) is 31.9 Å². The number of nitrogens with one attached hydrogen (secondary N) is 1. The SMILES string of the molecule is C=C/C(=C\C(=C)C(=O)NC1=CC=C(C)CC1)C(N)=O. The molecular formula is C15H18N2O2. The lowest BCUT2D eigenvalue weighted by Crippen LogP contribution is -2.24. The zero-order valence-electron chi connectivity index (χ0n) is 11.0. The number of amides is 2. The minimum Gasteiger partial charge on any atom is -0.366 e. The summed E-state index contributed by atoms with van der Waals surface area (Å²) in [5, 5.41) is 2.75. The zero-order valence-corrected chi connectivity index (χ0v) is 11.0. The molecule has 0 aromatic rings. The van der Waals surface area contributed by atoms with E-state index in [0.29, 0.717) is 0 Å². The first-order valence-electron chi connectivity index (χ1n) is 5.94. The van der Waals surface area contributed by atoms with Crippen molar-refractivity contribution in [3.05, 3.63) is 59.9 Å². The Morgan fingerprint density at radius 3 is 2.53 bits per heavy atom. The van der Waals surface area contributed by atoms with E-state index in [1.165, 1.54) is 17.7 Å². The number of carbonyl (C=O) groups is 2. The van der Waals surface area contributed by atoms with Crippen LogP contribution in [0.1, 0.15) is 19.8 Å². The Morgan fingerprint density at radius 2 is 2.05 bits per heavy atom. The maximum atomic E-state index is 11.9. The van der Waals surface area contributed by atoms with Gasteiger partial charge < -0.3 is 11.1 Å². The number of nitrogens with two attached hydrogens (primary N) is 1. The molecule has 3 N–H and O–H groups in total. The first-order chi connectivity index (χ1) is 8.93. The van der Waals surface area contributed by atoms with Crippen LogP contribution in [0.4, 0.5) is 0 Å². The summed E-state index contributed by atoms with van der Waals surface area (Å²) in [6, 6.07) is 0. The van der Waals surface area contributed by atoms with E-state index in [4.69, 9.17) is 5.73 Å². The van der Waals surface area contributed by atoms with Crippen LogP contribution in [0.15, 0.2) is 59.9 Å². The fourth-order valence-electron chi connectivity index (χ4n) is 1.56. The highest BCUT2D eigenvalue weighted by Gasteiger charge is 2.10. The van der Waals surface area contributed by atoms with Gasteiger partial charge in [0.1, 0.15) is 0 Å². The summed E-state index contributed by atoms with van der Waals surface area (Å²) in [5.41, 5.74) is 7.57. The second-order valence-electron chi connectivity index (χ2n) is 4.35. The second-order valence-corrected chi connectivity index (χ2v) is 4.35. The van der Waals surface area contributed by atoms with Gasteiger partial charge in [0.2, 0.25) is 5.91 Å². The van der Waals surface area contributed by atoms with Gasteiger partial charge in [0.05, 0.1) is 0 Å². The number of carbonyl (C=O) groups excluding carboxylic acids is 2. The van der Waals surface area contributed by atoms with Gasteiger partial charge >= 0.3 is 0 Å². The molecule has 0 bridgehead atoms. The van der Waals surface area contributed by atoms with Gasteiger partial charge in [-0.15, -0.1) is 0 Å². The molecule has 0 aromatic carbocycles. The summed E-state index contributed by atoms with van der Waals surface area (Å²) in [4.78, 5) is 22.9. The van der Waals surface area contributed by atoms with Crippen LogP contribution in [0, 0.1) is 0 Å². The van der Waals surface area contributed by atoms with Crippen molar-refractivity contribution in [2.24, 2.45) is 5.73 Å². The molecule has 0 fully saturated rings. The monoisotopic (exact) mass is 258 g/mol. The van der Waals surface area contributed by atoms with Gasteiger partial charge in [0.15, 0.2) is 0 Å². The average Bonchev–Trinajstić information content (AvgIpc) is 2.37. The summed E-state index contributed by atoms with van der Waals surface area (Å²) in [5.74, 6) is -0.987. The Kier molecular flexibility index (Phi) is 5.06. The predicted octanol–water partition coefficient (Wildman–Crippen LogP) is 1.88. The lowest BCUT2D eigenvalue weighted by molar-refractivity contribution is -0.116. The van der Waals surface area contributed by atoms with E-state index in [1.54, 1.807) is 0 Å². The van der Waals surface area contributed by atoms with Crippen LogP contribution in [0.25, 0.3) is 0 Å². The number of allylic oxidation sites excluding steroid dienone is 4. The molecule has 0 unspecified atom stereocenters.